The van der Waals surface area contributed by atoms with E-state index in [0.29, 0.717) is 24.2 Å². The number of rotatable bonds is 4. The van der Waals surface area contributed by atoms with Gasteiger partial charge in [0.2, 0.25) is 5.88 Å². The van der Waals surface area contributed by atoms with E-state index in [0.717, 1.165) is 75.2 Å². The van der Waals surface area contributed by atoms with E-state index in [9.17, 15) is 13.8 Å². The number of aromatic nitrogens is 2. The minimum absolute atomic E-state index is 0.0167. The maximum atomic E-state index is 14.6. The summed E-state index contributed by atoms with van der Waals surface area (Å²) in [6.45, 7) is 4.02. The molecule has 3 aromatic rings. The number of hydrogen-bond donors (Lipinski definition) is 1. The molecule has 1 aromatic heterocycles. The third-order valence-corrected chi connectivity index (χ3v) is 13.6. The molecular weight excluding hydrogens is 690 g/mol. The zero-order chi connectivity index (χ0) is 35.9. The summed E-state index contributed by atoms with van der Waals surface area (Å²) in [6, 6.07) is 11.6. The van der Waals surface area contributed by atoms with Crippen molar-refractivity contribution < 1.29 is 28.0 Å². The minimum Gasteiger partial charge on any atom is -0.490 e. The number of nitrogens with one attached hydrogen (secondary N) is 1. The third-order valence-electron chi connectivity index (χ3n) is 11.4. The first-order valence-electron chi connectivity index (χ1n) is 18.0. The Morgan fingerprint density at radius 3 is 2.73 bits per heavy atom. The number of nitrogens with zero attached hydrogens (tertiary/aromatic N) is 4. The number of methoxy groups -OCH3 is 2. The summed E-state index contributed by atoms with van der Waals surface area (Å²) in [6.07, 6.45) is 9.29. The lowest BCUT2D eigenvalue weighted by molar-refractivity contribution is -0.0223. The number of halogens is 1. The van der Waals surface area contributed by atoms with Gasteiger partial charge in [0.25, 0.3) is 11.8 Å². The maximum Gasteiger partial charge on any atom is 0.286 e. The van der Waals surface area contributed by atoms with Crippen molar-refractivity contribution >= 4 is 39.0 Å². The molecule has 1 saturated carbocycles. The summed E-state index contributed by atoms with van der Waals surface area (Å²) in [5.74, 6) is 0.249. The van der Waals surface area contributed by atoms with E-state index in [1.807, 2.05) is 32.2 Å². The van der Waals surface area contributed by atoms with Crippen LogP contribution in [0.2, 0.25) is 5.02 Å². The monoisotopic (exact) mass is 737 g/mol. The fourth-order valence-corrected chi connectivity index (χ4v) is 10.9. The van der Waals surface area contributed by atoms with Crippen molar-refractivity contribution in [3.05, 3.63) is 69.9 Å². The molecule has 6 atom stereocenters. The number of benzene rings is 2. The van der Waals surface area contributed by atoms with Crippen molar-refractivity contribution in [3.8, 4) is 11.6 Å². The molecule has 2 amide bonds. The lowest BCUT2D eigenvalue weighted by Crippen LogP contribution is -2.49. The van der Waals surface area contributed by atoms with Crippen LogP contribution in [0.3, 0.4) is 0 Å². The second kappa shape index (κ2) is 14.4. The Balaban J connectivity index is 1.29. The Morgan fingerprint density at radius 2 is 1.96 bits per heavy atom. The topological polar surface area (TPSA) is 124 Å². The molecule has 1 spiro atoms. The SMILES string of the molecule is COc1nn(C)cc1C(=O)NS1(=O)=NC(=O)c2ccc3c(c2)N(C[C@@H]2CC[C@H]2[C@@H](OC)CCC[C@H](C)C1)C[C@@]1(CCCc2cc(Cl)ccc21)CO3. The first-order valence-corrected chi connectivity index (χ1v) is 20.1. The second-order valence-electron chi connectivity index (χ2n) is 15.0. The van der Waals surface area contributed by atoms with E-state index >= 15 is 0 Å². The van der Waals surface area contributed by atoms with Crippen molar-refractivity contribution in [1.82, 2.24) is 14.5 Å². The summed E-state index contributed by atoms with van der Waals surface area (Å²) in [4.78, 5) is 29.9. The average Bonchev–Trinajstić information content (AvgIpc) is 3.40. The van der Waals surface area contributed by atoms with Gasteiger partial charge in [-0.1, -0.05) is 31.0 Å². The van der Waals surface area contributed by atoms with Crippen LogP contribution in [0.4, 0.5) is 5.69 Å². The Labute approximate surface area is 305 Å². The molecule has 2 aromatic carbocycles. The molecule has 274 valence electrons. The van der Waals surface area contributed by atoms with Crippen LogP contribution >= 0.6 is 11.6 Å². The Hall–Kier alpha value is -3.61. The molecule has 0 saturated heterocycles. The molecule has 3 heterocycles. The first kappa shape index (κ1) is 35.8. The first-order chi connectivity index (χ1) is 24.5. The molecule has 0 radical (unpaired) electrons. The van der Waals surface area contributed by atoms with Gasteiger partial charge in [-0.2, -0.15) is 0 Å². The van der Waals surface area contributed by atoms with Crippen LogP contribution in [0.25, 0.3) is 0 Å². The van der Waals surface area contributed by atoms with E-state index < -0.39 is 21.7 Å². The number of hydrogen-bond acceptors (Lipinski definition) is 8. The number of ether oxygens (including phenoxy) is 3. The van der Waals surface area contributed by atoms with Crippen LogP contribution < -0.4 is 19.1 Å². The van der Waals surface area contributed by atoms with Gasteiger partial charge in [-0.25, -0.2) is 4.21 Å². The van der Waals surface area contributed by atoms with Gasteiger partial charge in [0.15, 0.2) is 0 Å². The maximum absolute atomic E-state index is 14.6. The Morgan fingerprint density at radius 1 is 1.12 bits per heavy atom. The minimum atomic E-state index is -3.56. The predicted molar refractivity (Wildman–Crippen MR) is 197 cm³/mol. The van der Waals surface area contributed by atoms with Crippen LogP contribution in [0.1, 0.15) is 83.7 Å². The van der Waals surface area contributed by atoms with Crippen LogP contribution in [0, 0.1) is 17.8 Å². The molecule has 2 aliphatic carbocycles. The van der Waals surface area contributed by atoms with E-state index in [1.54, 1.807) is 13.1 Å². The van der Waals surface area contributed by atoms with Crippen molar-refractivity contribution in [2.75, 3.05) is 44.6 Å². The van der Waals surface area contributed by atoms with Gasteiger partial charge in [-0.3, -0.25) is 19.0 Å². The van der Waals surface area contributed by atoms with Crippen LogP contribution in [0.15, 0.2) is 47.0 Å². The molecule has 2 aliphatic heterocycles. The molecule has 1 N–H and O–H groups in total. The summed E-state index contributed by atoms with van der Waals surface area (Å²) in [7, 11) is 1.32. The quantitative estimate of drug-likeness (QED) is 0.328. The number of anilines is 1. The Bertz CT molecular complexity index is 1940. The van der Waals surface area contributed by atoms with Crippen molar-refractivity contribution in [2.24, 2.45) is 29.2 Å². The zero-order valence-corrected chi connectivity index (χ0v) is 31.4. The van der Waals surface area contributed by atoms with Gasteiger partial charge in [0, 0.05) is 49.4 Å². The highest BCUT2D eigenvalue weighted by Gasteiger charge is 2.44. The number of carbonyl (C=O) groups is 2. The summed E-state index contributed by atoms with van der Waals surface area (Å²) in [5.41, 5.74) is 3.51. The fraction of sp³-hybridized carbons (Fsp3) is 0.553. The second-order valence-corrected chi connectivity index (χ2v) is 17.4. The van der Waals surface area contributed by atoms with Gasteiger partial charge >= 0.3 is 0 Å². The lowest BCUT2D eigenvalue weighted by atomic mass is 9.68. The summed E-state index contributed by atoms with van der Waals surface area (Å²) >= 11 is 6.46. The molecule has 11 nitrogen and oxygen atoms in total. The number of carbonyl (C=O) groups excluding carboxylic acids is 2. The highest BCUT2D eigenvalue weighted by Crippen LogP contribution is 2.47. The highest BCUT2D eigenvalue weighted by atomic mass is 35.5. The molecule has 7 rings (SSSR count). The molecule has 2 bridgehead atoms. The summed E-state index contributed by atoms with van der Waals surface area (Å²) in [5, 5.41) is 4.90. The van der Waals surface area contributed by atoms with E-state index in [2.05, 4.69) is 31.2 Å². The van der Waals surface area contributed by atoms with Crippen molar-refractivity contribution in [1.29, 1.82) is 0 Å². The predicted octanol–water partition coefficient (Wildman–Crippen LogP) is 6.37. The van der Waals surface area contributed by atoms with Gasteiger partial charge < -0.3 is 19.1 Å². The van der Waals surface area contributed by atoms with E-state index in [-0.39, 0.29) is 40.2 Å². The third kappa shape index (κ3) is 7.24. The zero-order valence-electron chi connectivity index (χ0n) is 29.9. The van der Waals surface area contributed by atoms with Gasteiger partial charge in [-0.05, 0) is 104 Å². The van der Waals surface area contributed by atoms with Crippen molar-refractivity contribution in [2.45, 2.75) is 69.8 Å². The fourth-order valence-electron chi connectivity index (χ4n) is 8.75. The standard InChI is InChI=1S/C38H48ClN5O6S/c1-24-7-5-9-33(48-3)29-13-10-27(29)19-44-22-38(16-6-8-25-17-28(39)12-14-31(25)38)23-50-34-15-11-26(18-32(34)44)35(45)41-51(47,21-24)42-36(46)30-20-43(2)40-37(30)49-4/h11-12,14-15,17-18,20,24,27,29,33H,5-10,13,16,19,21-23H2,1-4H3,(H,41,42,45,46,47)/t24-,27-,29+,33-,38-,51?/m0/s1. The molecule has 4 aliphatic rings. The molecular formula is C38H48ClN5O6S. The highest BCUT2D eigenvalue weighted by molar-refractivity contribution is 7.92. The number of aryl methyl sites for hydroxylation is 2. The van der Waals surface area contributed by atoms with Crippen LogP contribution in [0.5, 0.6) is 11.6 Å². The summed E-state index contributed by atoms with van der Waals surface area (Å²) < 4.78 is 41.0. The molecule has 51 heavy (non-hydrogen) atoms. The van der Waals surface area contributed by atoms with Crippen LogP contribution in [-0.4, -0.2) is 71.6 Å². The lowest BCUT2D eigenvalue weighted by Gasteiger charge is -2.46. The van der Waals surface area contributed by atoms with Gasteiger partial charge in [0.05, 0.1) is 31.3 Å². The normalized spacial score (nSPS) is 29.4. The van der Waals surface area contributed by atoms with Gasteiger partial charge in [-0.15, -0.1) is 9.46 Å². The Kier molecular flexibility index (Phi) is 10.1. The molecule has 13 heteroatoms. The number of fused-ring (bicyclic) bond motifs is 4. The number of amides is 2. The smallest absolute Gasteiger partial charge is 0.286 e. The average molecular weight is 738 g/mol. The molecule has 1 fully saturated rings. The van der Waals surface area contributed by atoms with Crippen molar-refractivity contribution in [3.63, 3.8) is 0 Å². The molecule has 1 unspecified atom stereocenters. The van der Waals surface area contributed by atoms with E-state index in [1.165, 1.54) is 29.1 Å². The largest absolute Gasteiger partial charge is 0.490 e. The van der Waals surface area contributed by atoms with Crippen LogP contribution in [-0.2, 0) is 33.5 Å². The van der Waals surface area contributed by atoms with E-state index in [4.69, 9.17) is 25.8 Å². The van der Waals surface area contributed by atoms with Gasteiger partial charge in [0.1, 0.15) is 21.2 Å².